The van der Waals surface area contributed by atoms with Crippen molar-refractivity contribution in [3.63, 3.8) is 0 Å². The third-order valence-corrected chi connectivity index (χ3v) is 4.50. The van der Waals surface area contributed by atoms with E-state index < -0.39 is 11.8 Å². The molecule has 0 fully saturated rings. The fraction of sp³-hybridized carbons (Fsp3) is 0.318. The summed E-state index contributed by atoms with van der Waals surface area (Å²) in [5, 5.41) is 2.47. The lowest BCUT2D eigenvalue weighted by atomic mass is 10.2. The summed E-state index contributed by atoms with van der Waals surface area (Å²) in [6.07, 6.45) is 3.05. The maximum Gasteiger partial charge on any atom is 0.269 e. The van der Waals surface area contributed by atoms with E-state index >= 15 is 0 Å². The van der Waals surface area contributed by atoms with Crippen LogP contribution in [0.15, 0.2) is 42.5 Å². The van der Waals surface area contributed by atoms with Crippen LogP contribution in [0.2, 0.25) is 0 Å². The standard InChI is InChI=1S/C22H27N3O5S/c1-4-5-8-13-30-17-10-7-6-9-16(17)21(27)23-22(31)25-24-20(26)15-11-12-18(28-2)19(14-15)29-3/h6-7,9-12,14H,4-5,8,13H2,1-3H3,(H,24,26)(H2,23,25,27,31). The Labute approximate surface area is 187 Å². The highest BCUT2D eigenvalue weighted by Crippen LogP contribution is 2.27. The summed E-state index contributed by atoms with van der Waals surface area (Å²) in [4.78, 5) is 24.9. The van der Waals surface area contributed by atoms with E-state index in [9.17, 15) is 9.59 Å². The van der Waals surface area contributed by atoms with Gasteiger partial charge >= 0.3 is 0 Å². The summed E-state index contributed by atoms with van der Waals surface area (Å²) in [5.41, 5.74) is 5.63. The van der Waals surface area contributed by atoms with Crippen molar-refractivity contribution in [2.75, 3.05) is 20.8 Å². The van der Waals surface area contributed by atoms with Gasteiger partial charge in [0.15, 0.2) is 16.6 Å². The zero-order valence-electron chi connectivity index (χ0n) is 17.8. The van der Waals surface area contributed by atoms with Crippen molar-refractivity contribution in [2.24, 2.45) is 0 Å². The number of hydrogen-bond acceptors (Lipinski definition) is 6. The molecule has 0 bridgehead atoms. The molecule has 0 saturated carbocycles. The van der Waals surface area contributed by atoms with E-state index in [1.54, 1.807) is 36.4 Å². The SMILES string of the molecule is CCCCCOc1ccccc1C(=O)NC(=S)NNC(=O)c1ccc(OC)c(OC)c1. The van der Waals surface area contributed by atoms with Crippen LogP contribution in [0.25, 0.3) is 0 Å². The van der Waals surface area contributed by atoms with Crippen molar-refractivity contribution in [3.8, 4) is 17.2 Å². The second-order valence-electron chi connectivity index (χ2n) is 6.48. The second kappa shape index (κ2) is 12.4. The number of thiocarbonyl (C=S) groups is 1. The molecule has 0 radical (unpaired) electrons. The zero-order valence-corrected chi connectivity index (χ0v) is 18.6. The number of amides is 2. The summed E-state index contributed by atoms with van der Waals surface area (Å²) in [5.74, 6) is 0.501. The first-order valence-corrected chi connectivity index (χ1v) is 10.3. The Morgan fingerprint density at radius 1 is 0.903 bits per heavy atom. The third-order valence-electron chi connectivity index (χ3n) is 4.30. The van der Waals surface area contributed by atoms with Crippen molar-refractivity contribution < 1.29 is 23.8 Å². The molecule has 0 aliphatic heterocycles. The van der Waals surface area contributed by atoms with Gasteiger partial charge in [0.1, 0.15) is 5.75 Å². The van der Waals surface area contributed by atoms with Crippen molar-refractivity contribution >= 4 is 29.1 Å². The highest BCUT2D eigenvalue weighted by atomic mass is 32.1. The molecule has 31 heavy (non-hydrogen) atoms. The summed E-state index contributed by atoms with van der Waals surface area (Å²) in [6.45, 7) is 2.64. The normalized spacial score (nSPS) is 10.0. The van der Waals surface area contributed by atoms with Crippen LogP contribution in [-0.4, -0.2) is 37.8 Å². The van der Waals surface area contributed by atoms with Gasteiger partial charge in [-0.2, -0.15) is 0 Å². The van der Waals surface area contributed by atoms with Gasteiger partial charge in [-0.25, -0.2) is 0 Å². The number of carbonyl (C=O) groups excluding carboxylic acids is 2. The van der Waals surface area contributed by atoms with Crippen LogP contribution in [0.5, 0.6) is 17.2 Å². The van der Waals surface area contributed by atoms with Gasteiger partial charge in [0.25, 0.3) is 11.8 Å². The molecule has 0 heterocycles. The van der Waals surface area contributed by atoms with E-state index in [1.165, 1.54) is 20.3 Å². The van der Waals surface area contributed by atoms with E-state index in [0.29, 0.717) is 35.0 Å². The average molecular weight is 446 g/mol. The van der Waals surface area contributed by atoms with Crippen molar-refractivity contribution in [1.82, 2.24) is 16.2 Å². The lowest BCUT2D eigenvalue weighted by Gasteiger charge is -2.14. The van der Waals surface area contributed by atoms with E-state index in [0.717, 1.165) is 19.3 Å². The minimum atomic E-state index is -0.461. The number of para-hydroxylation sites is 1. The molecule has 2 aromatic carbocycles. The van der Waals surface area contributed by atoms with Crippen LogP contribution >= 0.6 is 12.2 Å². The minimum absolute atomic E-state index is 0.0559. The van der Waals surface area contributed by atoms with Crippen molar-refractivity contribution in [3.05, 3.63) is 53.6 Å². The van der Waals surface area contributed by atoms with E-state index in [2.05, 4.69) is 23.1 Å². The van der Waals surface area contributed by atoms with Crippen LogP contribution in [0.4, 0.5) is 0 Å². The number of methoxy groups -OCH3 is 2. The van der Waals surface area contributed by atoms with Crippen LogP contribution in [0, 0.1) is 0 Å². The molecule has 0 spiro atoms. The Balaban J connectivity index is 1.91. The van der Waals surface area contributed by atoms with E-state index in [1.807, 2.05) is 0 Å². The Bertz CT molecular complexity index is 920. The molecule has 9 heteroatoms. The molecular formula is C22H27N3O5S. The quantitative estimate of drug-likeness (QED) is 0.310. The number of carbonyl (C=O) groups is 2. The van der Waals surface area contributed by atoms with Gasteiger partial charge in [0.2, 0.25) is 0 Å². The first-order chi connectivity index (χ1) is 15.0. The number of hydrogen-bond donors (Lipinski definition) is 3. The predicted octanol–water partition coefficient (Wildman–Crippen LogP) is 3.22. The second-order valence-corrected chi connectivity index (χ2v) is 6.89. The Morgan fingerprint density at radius 3 is 2.35 bits per heavy atom. The van der Waals surface area contributed by atoms with E-state index in [4.69, 9.17) is 26.4 Å². The molecule has 0 saturated heterocycles. The van der Waals surface area contributed by atoms with Gasteiger partial charge in [0.05, 0.1) is 26.4 Å². The van der Waals surface area contributed by atoms with Gasteiger partial charge in [-0.3, -0.25) is 25.8 Å². The fourth-order valence-electron chi connectivity index (χ4n) is 2.68. The average Bonchev–Trinajstić information content (AvgIpc) is 2.80. The van der Waals surface area contributed by atoms with Gasteiger partial charge in [-0.1, -0.05) is 31.9 Å². The van der Waals surface area contributed by atoms with Gasteiger partial charge in [-0.15, -0.1) is 0 Å². The summed E-state index contributed by atoms with van der Waals surface area (Å²) in [7, 11) is 2.99. The van der Waals surface area contributed by atoms with Crippen molar-refractivity contribution in [2.45, 2.75) is 26.2 Å². The number of benzene rings is 2. The maximum absolute atomic E-state index is 12.6. The largest absolute Gasteiger partial charge is 0.493 e. The smallest absolute Gasteiger partial charge is 0.269 e. The molecule has 0 unspecified atom stereocenters. The molecule has 0 aliphatic carbocycles. The molecule has 0 aliphatic rings. The Kier molecular flexibility index (Phi) is 9.57. The summed E-state index contributed by atoms with van der Waals surface area (Å²) >= 11 is 5.11. The molecule has 3 N–H and O–H groups in total. The number of nitrogens with one attached hydrogen (secondary N) is 3. The molecule has 2 amide bonds. The van der Waals surface area contributed by atoms with E-state index in [-0.39, 0.29) is 5.11 Å². The molecule has 166 valence electrons. The topological polar surface area (TPSA) is 97.9 Å². The molecule has 8 nitrogen and oxygen atoms in total. The summed E-state index contributed by atoms with van der Waals surface area (Å²) in [6, 6.07) is 11.6. The van der Waals surface area contributed by atoms with Gasteiger partial charge in [-0.05, 0) is 49.0 Å². The van der Waals surface area contributed by atoms with Crippen LogP contribution < -0.4 is 30.4 Å². The lowest BCUT2D eigenvalue weighted by molar-refractivity contribution is 0.0933. The maximum atomic E-state index is 12.6. The number of rotatable bonds is 9. The van der Waals surface area contributed by atoms with Crippen LogP contribution in [0.3, 0.4) is 0 Å². The monoisotopic (exact) mass is 445 g/mol. The zero-order chi connectivity index (χ0) is 22.6. The highest BCUT2D eigenvalue weighted by Gasteiger charge is 2.15. The van der Waals surface area contributed by atoms with Gasteiger partial charge < -0.3 is 14.2 Å². The Morgan fingerprint density at radius 2 is 1.65 bits per heavy atom. The van der Waals surface area contributed by atoms with Crippen molar-refractivity contribution in [1.29, 1.82) is 0 Å². The predicted molar refractivity (Wildman–Crippen MR) is 122 cm³/mol. The molecular weight excluding hydrogens is 418 g/mol. The minimum Gasteiger partial charge on any atom is -0.493 e. The molecule has 2 aromatic rings. The lowest BCUT2D eigenvalue weighted by Crippen LogP contribution is -2.48. The fourth-order valence-corrected chi connectivity index (χ4v) is 2.82. The molecule has 0 atom stereocenters. The molecule has 2 rings (SSSR count). The van der Waals surface area contributed by atoms with Crippen LogP contribution in [0.1, 0.15) is 46.9 Å². The van der Waals surface area contributed by atoms with Crippen LogP contribution in [-0.2, 0) is 0 Å². The molecule has 0 aromatic heterocycles. The number of hydrazine groups is 1. The Hall–Kier alpha value is -3.33. The number of unbranched alkanes of at least 4 members (excludes halogenated alkanes) is 2. The third kappa shape index (κ3) is 7.14. The number of ether oxygens (including phenoxy) is 3. The van der Waals surface area contributed by atoms with Gasteiger partial charge in [0, 0.05) is 5.56 Å². The summed E-state index contributed by atoms with van der Waals surface area (Å²) < 4.78 is 16.1. The first-order valence-electron chi connectivity index (χ1n) is 9.85. The highest BCUT2D eigenvalue weighted by molar-refractivity contribution is 7.80. The first kappa shape index (κ1) is 23.9.